The van der Waals surface area contributed by atoms with Crippen molar-refractivity contribution in [2.24, 2.45) is 11.8 Å². The lowest BCUT2D eigenvalue weighted by atomic mass is 9.58. The number of fused-ring (bicyclic) bond motifs is 1. The normalized spacial score (nSPS) is 22.9. The van der Waals surface area contributed by atoms with Crippen molar-refractivity contribution in [2.75, 3.05) is 33.8 Å². The standard InChI is InChI=1S/C34H42FN5O5S/c1-23-36-15-19-40(23)22-34(26-6-4-7-27(35)21-26,29-8-5-9-30(29)37-33(42)45-3)25-13-17-39(18-14-25)16-12-24-10-11-28-31(20-24)46(43,44)38(2)32(28)41/h4,6-7,10-11,15,19-21,25,29-30H,5,8-9,12-14,16-18,22H2,1-3H3,(H,37,42)/t29-,30-,34-/m0/s1. The van der Waals surface area contributed by atoms with Crippen LogP contribution >= 0.6 is 0 Å². The zero-order valence-electron chi connectivity index (χ0n) is 26.6. The van der Waals surface area contributed by atoms with E-state index in [0.717, 1.165) is 73.0 Å². The Morgan fingerprint density at radius 2 is 1.91 bits per heavy atom. The van der Waals surface area contributed by atoms with Gasteiger partial charge in [0.2, 0.25) is 0 Å². The van der Waals surface area contributed by atoms with E-state index in [-0.39, 0.29) is 34.2 Å². The summed E-state index contributed by atoms with van der Waals surface area (Å²) in [6, 6.07) is 12.0. The number of alkyl carbamates (subject to hydrolysis) is 1. The SMILES string of the molecule is COC(=O)N[C@H]1CCC[C@@H]1[C@](Cn1ccnc1C)(c1cccc(F)c1)C1CCN(CCc2ccc3c(c2)S(=O)(=O)N(C)C3=O)CC1. The Hall–Kier alpha value is -3.77. The highest BCUT2D eigenvalue weighted by Crippen LogP contribution is 2.51. The molecule has 6 rings (SSSR count). The van der Waals surface area contributed by atoms with Gasteiger partial charge < -0.3 is 19.5 Å². The zero-order valence-corrected chi connectivity index (χ0v) is 27.4. The van der Waals surface area contributed by atoms with E-state index in [2.05, 4.69) is 19.8 Å². The summed E-state index contributed by atoms with van der Waals surface area (Å²) in [6.07, 6.45) is 8.43. The summed E-state index contributed by atoms with van der Waals surface area (Å²) in [7, 11) is -1.13. The van der Waals surface area contributed by atoms with Gasteiger partial charge in [0.1, 0.15) is 16.5 Å². The van der Waals surface area contributed by atoms with Crippen LogP contribution in [0.5, 0.6) is 0 Å². The predicted octanol–water partition coefficient (Wildman–Crippen LogP) is 4.52. The molecule has 2 aliphatic heterocycles. The first-order chi connectivity index (χ1) is 22.0. The average Bonchev–Trinajstić information content (AvgIpc) is 3.73. The summed E-state index contributed by atoms with van der Waals surface area (Å²) in [5.74, 6) is 0.368. The maximum absolute atomic E-state index is 15.0. The minimum atomic E-state index is -3.80. The molecule has 3 aromatic rings. The fourth-order valence-electron chi connectivity index (χ4n) is 8.18. The molecule has 3 aliphatic rings. The quantitative estimate of drug-likeness (QED) is 0.362. The number of imidazole rings is 1. The number of piperidine rings is 1. The molecule has 1 aliphatic carbocycles. The number of benzene rings is 2. The highest BCUT2D eigenvalue weighted by molar-refractivity contribution is 7.90. The van der Waals surface area contributed by atoms with Crippen LogP contribution in [0.1, 0.15) is 59.4 Å². The largest absolute Gasteiger partial charge is 0.453 e. The summed E-state index contributed by atoms with van der Waals surface area (Å²) in [5.41, 5.74) is 1.57. The number of nitrogens with zero attached hydrogens (tertiary/aromatic N) is 4. The van der Waals surface area contributed by atoms with Crippen LogP contribution in [-0.2, 0) is 33.1 Å². The molecule has 1 N–H and O–H groups in total. The van der Waals surface area contributed by atoms with E-state index in [4.69, 9.17) is 4.74 Å². The molecule has 3 atom stereocenters. The monoisotopic (exact) mass is 651 g/mol. The van der Waals surface area contributed by atoms with Crippen molar-refractivity contribution in [3.8, 4) is 0 Å². The number of nitrogens with one attached hydrogen (secondary N) is 1. The number of aryl methyl sites for hydroxylation is 1. The van der Waals surface area contributed by atoms with Gasteiger partial charge in [-0.3, -0.25) is 4.79 Å². The number of hydrogen-bond donors (Lipinski definition) is 1. The first-order valence-corrected chi connectivity index (χ1v) is 17.5. The predicted molar refractivity (Wildman–Crippen MR) is 170 cm³/mol. The Morgan fingerprint density at radius 3 is 2.61 bits per heavy atom. The number of ether oxygens (including phenoxy) is 1. The first kappa shape index (κ1) is 32.2. The number of halogens is 1. The molecule has 2 amide bonds. The summed E-state index contributed by atoms with van der Waals surface area (Å²) in [6.45, 7) is 5.01. The molecule has 0 bridgehead atoms. The number of carbonyl (C=O) groups is 2. The molecule has 0 unspecified atom stereocenters. The van der Waals surface area contributed by atoms with Gasteiger partial charge in [-0.15, -0.1) is 0 Å². The van der Waals surface area contributed by atoms with Crippen LogP contribution in [0.4, 0.5) is 9.18 Å². The van der Waals surface area contributed by atoms with Crippen LogP contribution < -0.4 is 5.32 Å². The number of aromatic nitrogens is 2. The molecular formula is C34H42FN5O5S. The smallest absolute Gasteiger partial charge is 0.407 e. The van der Waals surface area contributed by atoms with Gasteiger partial charge in [-0.25, -0.2) is 26.9 Å². The van der Waals surface area contributed by atoms with Crippen molar-refractivity contribution >= 4 is 22.0 Å². The highest BCUT2D eigenvalue weighted by atomic mass is 32.2. The number of sulfonamides is 1. The van der Waals surface area contributed by atoms with Crippen LogP contribution in [0.25, 0.3) is 0 Å². The molecule has 3 heterocycles. The Morgan fingerprint density at radius 1 is 1.13 bits per heavy atom. The molecule has 0 spiro atoms. The number of rotatable bonds is 9. The van der Waals surface area contributed by atoms with Crippen molar-refractivity contribution in [3.63, 3.8) is 0 Å². The molecular weight excluding hydrogens is 609 g/mol. The van der Waals surface area contributed by atoms with Gasteiger partial charge >= 0.3 is 6.09 Å². The van der Waals surface area contributed by atoms with Gasteiger partial charge in [0.05, 0.1) is 12.7 Å². The molecule has 1 saturated heterocycles. The van der Waals surface area contributed by atoms with Crippen LogP contribution in [0.2, 0.25) is 0 Å². The molecule has 10 nitrogen and oxygen atoms in total. The zero-order chi connectivity index (χ0) is 32.6. The molecule has 1 aromatic heterocycles. The second-order valence-corrected chi connectivity index (χ2v) is 14.8. The fourth-order valence-corrected chi connectivity index (χ4v) is 9.52. The number of hydrogen-bond acceptors (Lipinski definition) is 7. The van der Waals surface area contributed by atoms with Gasteiger partial charge in [0.25, 0.3) is 15.9 Å². The summed E-state index contributed by atoms with van der Waals surface area (Å²) < 4.78 is 48.4. The third-order valence-electron chi connectivity index (χ3n) is 10.6. The third-order valence-corrected chi connectivity index (χ3v) is 12.4. The lowest BCUT2D eigenvalue weighted by molar-refractivity contribution is 0.0612. The molecule has 246 valence electrons. The van der Waals surface area contributed by atoms with Crippen LogP contribution in [0.3, 0.4) is 0 Å². The van der Waals surface area contributed by atoms with Crippen LogP contribution in [-0.4, -0.2) is 79.0 Å². The number of amides is 2. The van der Waals surface area contributed by atoms with Gasteiger partial charge in [0, 0.05) is 44.0 Å². The lowest BCUT2D eigenvalue weighted by Crippen LogP contribution is -2.55. The van der Waals surface area contributed by atoms with Crippen molar-refractivity contribution in [1.82, 2.24) is 24.1 Å². The molecule has 2 aromatic carbocycles. The van der Waals surface area contributed by atoms with E-state index in [1.54, 1.807) is 30.5 Å². The molecule has 46 heavy (non-hydrogen) atoms. The minimum absolute atomic E-state index is 0.0564. The van der Waals surface area contributed by atoms with E-state index in [1.165, 1.54) is 20.2 Å². The van der Waals surface area contributed by atoms with E-state index < -0.39 is 27.4 Å². The van der Waals surface area contributed by atoms with Crippen LogP contribution in [0.15, 0.2) is 59.8 Å². The topological polar surface area (TPSA) is 114 Å². The molecule has 1 saturated carbocycles. The van der Waals surface area contributed by atoms with E-state index in [1.807, 2.05) is 25.3 Å². The number of likely N-dealkylation sites (tertiary alicyclic amines) is 1. The van der Waals surface area contributed by atoms with Crippen LogP contribution in [0, 0.1) is 24.6 Å². The van der Waals surface area contributed by atoms with Gasteiger partial charge in [-0.05, 0) is 99.3 Å². The van der Waals surface area contributed by atoms with Crippen molar-refractivity contribution in [2.45, 2.75) is 68.3 Å². The van der Waals surface area contributed by atoms with Gasteiger partial charge in [-0.1, -0.05) is 24.6 Å². The van der Waals surface area contributed by atoms with E-state index >= 15 is 0 Å². The Bertz CT molecular complexity index is 1720. The van der Waals surface area contributed by atoms with Gasteiger partial charge in [0.15, 0.2) is 0 Å². The Balaban J connectivity index is 1.27. The third kappa shape index (κ3) is 5.81. The molecule has 12 heteroatoms. The summed E-state index contributed by atoms with van der Waals surface area (Å²) in [5, 5.41) is 3.12. The second kappa shape index (κ2) is 12.8. The second-order valence-electron chi connectivity index (χ2n) is 12.9. The van der Waals surface area contributed by atoms with Crippen molar-refractivity contribution < 1.29 is 27.1 Å². The minimum Gasteiger partial charge on any atom is -0.453 e. The van der Waals surface area contributed by atoms with E-state index in [9.17, 15) is 22.4 Å². The van der Waals surface area contributed by atoms with Gasteiger partial charge in [-0.2, -0.15) is 0 Å². The first-order valence-electron chi connectivity index (χ1n) is 16.0. The highest BCUT2D eigenvalue weighted by Gasteiger charge is 2.52. The Labute approximate surface area is 270 Å². The molecule has 0 radical (unpaired) electrons. The maximum atomic E-state index is 15.0. The maximum Gasteiger partial charge on any atom is 0.407 e. The lowest BCUT2D eigenvalue weighted by Gasteiger charge is -2.51. The summed E-state index contributed by atoms with van der Waals surface area (Å²) >= 11 is 0. The summed E-state index contributed by atoms with van der Waals surface area (Å²) in [4.78, 5) is 31.8. The van der Waals surface area contributed by atoms with Crippen molar-refractivity contribution in [3.05, 3.63) is 83.2 Å². The van der Waals surface area contributed by atoms with E-state index in [0.29, 0.717) is 13.0 Å². The number of carbonyl (C=O) groups excluding carboxylic acids is 2. The fraction of sp³-hybridized carbons (Fsp3) is 0.500. The average molecular weight is 652 g/mol. The number of methoxy groups -OCH3 is 1. The van der Waals surface area contributed by atoms with Crippen molar-refractivity contribution in [1.29, 1.82) is 0 Å². The molecule has 2 fully saturated rings. The Kier molecular flexibility index (Phi) is 8.95.